The number of benzene rings is 1. The van der Waals surface area contributed by atoms with E-state index in [1.807, 2.05) is 11.8 Å². The lowest BCUT2D eigenvalue weighted by Crippen LogP contribution is -2.51. The molecule has 0 radical (unpaired) electrons. The van der Waals surface area contributed by atoms with Gasteiger partial charge in [0.05, 0.1) is 23.8 Å². The maximum absolute atomic E-state index is 12.6. The van der Waals surface area contributed by atoms with Gasteiger partial charge in [0.1, 0.15) is 0 Å². The molecule has 2 unspecified atom stereocenters. The van der Waals surface area contributed by atoms with Gasteiger partial charge < -0.3 is 9.64 Å². The van der Waals surface area contributed by atoms with E-state index in [4.69, 9.17) is 16.3 Å². The fourth-order valence-corrected chi connectivity index (χ4v) is 2.65. The average molecular weight is 347 g/mol. The van der Waals surface area contributed by atoms with Crippen LogP contribution in [0, 0.1) is 0 Å². The molecule has 1 heterocycles. The fraction of sp³-hybridized carbons (Fsp3) is 0.500. The Balaban J connectivity index is 2.23. The van der Waals surface area contributed by atoms with Crippen LogP contribution >= 0.6 is 27.5 Å². The number of carbonyl (C=O) groups is 1. The first-order valence-corrected chi connectivity index (χ1v) is 7.57. The van der Waals surface area contributed by atoms with Crippen molar-refractivity contribution in [3.63, 3.8) is 0 Å². The van der Waals surface area contributed by atoms with Gasteiger partial charge in [-0.15, -0.1) is 0 Å². The van der Waals surface area contributed by atoms with Crippen LogP contribution in [0.2, 0.25) is 5.02 Å². The number of halogens is 2. The number of nitrogens with zero attached hydrogens (tertiary/aromatic N) is 1. The fourth-order valence-electron chi connectivity index (χ4n) is 2.23. The van der Waals surface area contributed by atoms with E-state index in [0.717, 1.165) is 10.9 Å². The van der Waals surface area contributed by atoms with Gasteiger partial charge in [-0.25, -0.2) is 0 Å². The lowest BCUT2D eigenvalue weighted by atomic mass is 10.1. The molecule has 1 aromatic carbocycles. The Hall–Kier alpha value is -0.580. The highest BCUT2D eigenvalue weighted by molar-refractivity contribution is 9.10. The van der Waals surface area contributed by atoms with E-state index in [0.29, 0.717) is 23.7 Å². The monoisotopic (exact) mass is 345 g/mol. The van der Waals surface area contributed by atoms with Gasteiger partial charge in [-0.2, -0.15) is 0 Å². The molecule has 2 atom stereocenters. The van der Waals surface area contributed by atoms with E-state index in [9.17, 15) is 4.79 Å². The first kappa shape index (κ1) is 14.8. The predicted molar refractivity (Wildman–Crippen MR) is 79.7 cm³/mol. The second-order valence-electron chi connectivity index (χ2n) is 4.79. The third-order valence-electron chi connectivity index (χ3n) is 3.37. The van der Waals surface area contributed by atoms with Crippen LogP contribution in [0.15, 0.2) is 22.7 Å². The Kier molecular flexibility index (Phi) is 4.87. The molecule has 0 aliphatic carbocycles. The zero-order valence-electron chi connectivity index (χ0n) is 11.0. The number of ether oxygens (including phenoxy) is 1. The summed E-state index contributed by atoms with van der Waals surface area (Å²) in [7, 11) is 0. The van der Waals surface area contributed by atoms with E-state index >= 15 is 0 Å². The minimum absolute atomic E-state index is 0.0244. The standard InChI is InChI=1S/C14H17BrClNO2/c1-3-11-8-19-9(2)7-17(11)14(18)10-4-5-12(15)13(16)6-10/h4-6,9,11H,3,7-8H2,1-2H3. The van der Waals surface area contributed by atoms with Crippen LogP contribution in [0.1, 0.15) is 30.6 Å². The molecule has 1 saturated heterocycles. The number of hydrogen-bond donors (Lipinski definition) is 0. The summed E-state index contributed by atoms with van der Waals surface area (Å²) in [6.45, 7) is 5.29. The lowest BCUT2D eigenvalue weighted by molar-refractivity contribution is -0.0444. The first-order valence-electron chi connectivity index (χ1n) is 6.40. The molecule has 1 aromatic rings. The SMILES string of the molecule is CCC1COC(C)CN1C(=O)c1ccc(Br)c(Cl)c1. The van der Waals surface area contributed by atoms with Gasteiger partial charge in [0.15, 0.2) is 0 Å². The van der Waals surface area contributed by atoms with Crippen molar-refractivity contribution in [2.75, 3.05) is 13.2 Å². The smallest absolute Gasteiger partial charge is 0.254 e. The van der Waals surface area contributed by atoms with Gasteiger partial charge >= 0.3 is 0 Å². The maximum atomic E-state index is 12.6. The molecule has 0 bridgehead atoms. The molecule has 0 N–H and O–H groups in total. The van der Waals surface area contributed by atoms with E-state index in [2.05, 4.69) is 22.9 Å². The molecule has 104 valence electrons. The Morgan fingerprint density at radius 3 is 2.95 bits per heavy atom. The largest absolute Gasteiger partial charge is 0.375 e. The maximum Gasteiger partial charge on any atom is 0.254 e. The van der Waals surface area contributed by atoms with Crippen molar-refractivity contribution in [3.8, 4) is 0 Å². The van der Waals surface area contributed by atoms with Crippen molar-refractivity contribution >= 4 is 33.4 Å². The predicted octanol–water partition coefficient (Wildman–Crippen LogP) is 3.74. The summed E-state index contributed by atoms with van der Waals surface area (Å²) >= 11 is 9.39. The minimum Gasteiger partial charge on any atom is -0.375 e. The van der Waals surface area contributed by atoms with Crippen LogP contribution in [0.5, 0.6) is 0 Å². The van der Waals surface area contributed by atoms with Crippen molar-refractivity contribution < 1.29 is 9.53 Å². The van der Waals surface area contributed by atoms with Gasteiger partial charge in [-0.1, -0.05) is 18.5 Å². The lowest BCUT2D eigenvalue weighted by Gasteiger charge is -2.38. The summed E-state index contributed by atoms with van der Waals surface area (Å²) in [6, 6.07) is 5.46. The number of hydrogen-bond acceptors (Lipinski definition) is 2. The summed E-state index contributed by atoms with van der Waals surface area (Å²) in [5.74, 6) is 0.0244. The normalized spacial score (nSPS) is 23.5. The van der Waals surface area contributed by atoms with Gasteiger partial charge in [0.2, 0.25) is 0 Å². The van der Waals surface area contributed by atoms with Crippen molar-refractivity contribution in [3.05, 3.63) is 33.3 Å². The Bertz CT molecular complexity index is 481. The first-order chi connectivity index (χ1) is 9.02. The Labute approximate surface area is 127 Å². The summed E-state index contributed by atoms with van der Waals surface area (Å²) in [6.07, 6.45) is 0.973. The van der Waals surface area contributed by atoms with Crippen molar-refractivity contribution in [1.29, 1.82) is 0 Å². The van der Waals surface area contributed by atoms with Crippen molar-refractivity contribution in [2.45, 2.75) is 32.4 Å². The molecule has 1 amide bonds. The van der Waals surface area contributed by atoms with Gasteiger partial charge in [-0.05, 0) is 47.5 Å². The van der Waals surface area contributed by atoms with Gasteiger partial charge in [0, 0.05) is 16.6 Å². The molecule has 2 rings (SSSR count). The van der Waals surface area contributed by atoms with Crippen LogP contribution in [-0.4, -0.2) is 36.1 Å². The Morgan fingerprint density at radius 1 is 1.58 bits per heavy atom. The van der Waals surface area contributed by atoms with E-state index in [1.165, 1.54) is 0 Å². The van der Waals surface area contributed by atoms with Crippen LogP contribution in [0.4, 0.5) is 0 Å². The van der Waals surface area contributed by atoms with Crippen molar-refractivity contribution in [2.24, 2.45) is 0 Å². The van der Waals surface area contributed by atoms with Gasteiger partial charge in [0.25, 0.3) is 5.91 Å². The van der Waals surface area contributed by atoms with Crippen LogP contribution in [0.3, 0.4) is 0 Å². The third-order valence-corrected chi connectivity index (χ3v) is 4.60. The molecule has 3 nitrogen and oxygen atoms in total. The number of amides is 1. The second-order valence-corrected chi connectivity index (χ2v) is 6.05. The zero-order chi connectivity index (χ0) is 14.0. The van der Waals surface area contributed by atoms with E-state index in [1.54, 1.807) is 18.2 Å². The summed E-state index contributed by atoms with van der Waals surface area (Å²) < 4.78 is 6.41. The third kappa shape index (κ3) is 3.30. The molecule has 0 saturated carbocycles. The van der Waals surface area contributed by atoms with Crippen LogP contribution < -0.4 is 0 Å². The number of rotatable bonds is 2. The molecular weight excluding hydrogens is 330 g/mol. The molecule has 0 spiro atoms. The number of morpholine rings is 1. The Morgan fingerprint density at radius 2 is 2.32 bits per heavy atom. The highest BCUT2D eigenvalue weighted by atomic mass is 79.9. The zero-order valence-corrected chi connectivity index (χ0v) is 13.4. The highest BCUT2D eigenvalue weighted by Gasteiger charge is 2.30. The molecule has 1 fully saturated rings. The molecule has 5 heteroatoms. The summed E-state index contributed by atoms with van der Waals surface area (Å²) in [4.78, 5) is 14.5. The second kappa shape index (κ2) is 6.25. The van der Waals surface area contributed by atoms with Crippen LogP contribution in [0.25, 0.3) is 0 Å². The van der Waals surface area contributed by atoms with E-state index in [-0.39, 0.29) is 18.1 Å². The van der Waals surface area contributed by atoms with Crippen LogP contribution in [-0.2, 0) is 4.74 Å². The quantitative estimate of drug-likeness (QED) is 0.816. The topological polar surface area (TPSA) is 29.5 Å². The molecule has 1 aliphatic heterocycles. The number of carbonyl (C=O) groups excluding carboxylic acids is 1. The van der Waals surface area contributed by atoms with Gasteiger partial charge in [-0.3, -0.25) is 4.79 Å². The molecule has 1 aliphatic rings. The summed E-state index contributed by atoms with van der Waals surface area (Å²) in [5.41, 5.74) is 0.626. The average Bonchev–Trinajstić information content (AvgIpc) is 2.41. The van der Waals surface area contributed by atoms with Crippen molar-refractivity contribution in [1.82, 2.24) is 4.90 Å². The molecule has 19 heavy (non-hydrogen) atoms. The highest BCUT2D eigenvalue weighted by Crippen LogP contribution is 2.25. The minimum atomic E-state index is 0.0244. The molecular formula is C14H17BrClNO2. The van der Waals surface area contributed by atoms with E-state index < -0.39 is 0 Å². The molecule has 0 aromatic heterocycles. The summed E-state index contributed by atoms with van der Waals surface area (Å²) in [5, 5.41) is 0.556.